The van der Waals surface area contributed by atoms with E-state index in [4.69, 9.17) is 10.5 Å². The number of hydrogen-bond acceptors (Lipinski definition) is 3. The Kier molecular flexibility index (Phi) is 5.66. The highest BCUT2D eigenvalue weighted by Gasteiger charge is 2.14. The van der Waals surface area contributed by atoms with E-state index in [2.05, 4.69) is 5.32 Å². The lowest BCUT2D eigenvalue weighted by Gasteiger charge is -2.12. The van der Waals surface area contributed by atoms with Crippen LogP contribution in [0.4, 0.5) is 0 Å². The molecule has 1 rings (SSSR count). The first-order chi connectivity index (χ1) is 8.15. The average Bonchev–Trinajstić information content (AvgIpc) is 2.34. The van der Waals surface area contributed by atoms with E-state index in [1.807, 2.05) is 38.1 Å². The summed E-state index contributed by atoms with van der Waals surface area (Å²) in [4.78, 5) is 11.7. The maximum atomic E-state index is 11.7. The summed E-state index contributed by atoms with van der Waals surface area (Å²) in [5.41, 5.74) is 7.82. The lowest BCUT2D eigenvalue weighted by molar-refractivity contribution is -0.122. The SMILES string of the molecule is CCOCCNC(=O)C(N)c1ccc(C)cc1. The second-order valence-corrected chi connectivity index (χ2v) is 3.88. The Labute approximate surface area is 102 Å². The van der Waals surface area contributed by atoms with Gasteiger partial charge in [0.1, 0.15) is 6.04 Å². The fraction of sp³-hybridized carbons (Fsp3) is 0.462. The number of carbonyl (C=O) groups is 1. The van der Waals surface area contributed by atoms with Gasteiger partial charge in [-0.25, -0.2) is 0 Å². The van der Waals surface area contributed by atoms with Crippen molar-refractivity contribution in [3.05, 3.63) is 35.4 Å². The number of hydrogen-bond donors (Lipinski definition) is 2. The van der Waals surface area contributed by atoms with Gasteiger partial charge in [0.05, 0.1) is 6.61 Å². The smallest absolute Gasteiger partial charge is 0.241 e. The highest BCUT2D eigenvalue weighted by Crippen LogP contribution is 2.11. The average molecular weight is 236 g/mol. The number of rotatable bonds is 6. The molecule has 4 heteroatoms. The Hall–Kier alpha value is -1.39. The van der Waals surface area contributed by atoms with Gasteiger partial charge in [0.15, 0.2) is 0 Å². The molecule has 0 heterocycles. The van der Waals surface area contributed by atoms with Crippen molar-refractivity contribution < 1.29 is 9.53 Å². The molecule has 1 atom stereocenters. The Bertz CT molecular complexity index is 349. The van der Waals surface area contributed by atoms with Crippen LogP contribution in [0.2, 0.25) is 0 Å². The van der Waals surface area contributed by atoms with Crippen LogP contribution in [0.3, 0.4) is 0 Å². The summed E-state index contributed by atoms with van der Waals surface area (Å²) >= 11 is 0. The summed E-state index contributed by atoms with van der Waals surface area (Å²) in [6.07, 6.45) is 0. The van der Waals surface area contributed by atoms with Gasteiger partial charge in [-0.15, -0.1) is 0 Å². The largest absolute Gasteiger partial charge is 0.380 e. The highest BCUT2D eigenvalue weighted by atomic mass is 16.5. The maximum Gasteiger partial charge on any atom is 0.241 e. The molecule has 0 fully saturated rings. The van der Waals surface area contributed by atoms with E-state index in [0.717, 1.165) is 11.1 Å². The summed E-state index contributed by atoms with van der Waals surface area (Å²) in [7, 11) is 0. The molecular weight excluding hydrogens is 216 g/mol. The molecule has 0 aromatic heterocycles. The van der Waals surface area contributed by atoms with Crippen molar-refractivity contribution >= 4 is 5.91 Å². The van der Waals surface area contributed by atoms with E-state index in [1.165, 1.54) is 0 Å². The number of benzene rings is 1. The molecule has 0 saturated carbocycles. The first kappa shape index (κ1) is 13.7. The molecule has 1 aromatic carbocycles. The molecule has 1 aromatic rings. The minimum absolute atomic E-state index is 0.173. The third-order valence-electron chi connectivity index (χ3n) is 2.47. The van der Waals surface area contributed by atoms with Gasteiger partial charge in [-0.05, 0) is 19.4 Å². The molecule has 0 aliphatic heterocycles. The summed E-state index contributed by atoms with van der Waals surface area (Å²) in [5.74, 6) is -0.173. The fourth-order valence-electron chi connectivity index (χ4n) is 1.43. The first-order valence-electron chi connectivity index (χ1n) is 5.82. The van der Waals surface area contributed by atoms with Crippen LogP contribution in [0, 0.1) is 6.92 Å². The zero-order chi connectivity index (χ0) is 12.7. The third-order valence-corrected chi connectivity index (χ3v) is 2.47. The predicted molar refractivity (Wildman–Crippen MR) is 67.6 cm³/mol. The first-order valence-corrected chi connectivity index (χ1v) is 5.82. The van der Waals surface area contributed by atoms with E-state index in [-0.39, 0.29) is 5.91 Å². The van der Waals surface area contributed by atoms with Gasteiger partial charge in [-0.3, -0.25) is 4.79 Å². The molecule has 0 aliphatic rings. The summed E-state index contributed by atoms with van der Waals surface area (Å²) < 4.78 is 5.13. The number of nitrogens with two attached hydrogens (primary N) is 1. The minimum atomic E-state index is -0.614. The van der Waals surface area contributed by atoms with Crippen LogP contribution >= 0.6 is 0 Å². The van der Waals surface area contributed by atoms with Gasteiger partial charge in [0, 0.05) is 13.2 Å². The number of amides is 1. The van der Waals surface area contributed by atoms with Crippen molar-refractivity contribution in [1.82, 2.24) is 5.32 Å². The second kappa shape index (κ2) is 7.04. The molecule has 0 saturated heterocycles. The Morgan fingerprint density at radius 3 is 2.65 bits per heavy atom. The van der Waals surface area contributed by atoms with E-state index in [0.29, 0.717) is 19.8 Å². The number of ether oxygens (including phenoxy) is 1. The molecule has 94 valence electrons. The Morgan fingerprint density at radius 2 is 2.06 bits per heavy atom. The molecule has 3 N–H and O–H groups in total. The minimum Gasteiger partial charge on any atom is -0.380 e. The third kappa shape index (κ3) is 4.54. The van der Waals surface area contributed by atoms with E-state index in [9.17, 15) is 4.79 Å². The van der Waals surface area contributed by atoms with Crippen molar-refractivity contribution in [2.45, 2.75) is 19.9 Å². The Morgan fingerprint density at radius 1 is 1.41 bits per heavy atom. The van der Waals surface area contributed by atoms with Gasteiger partial charge in [-0.2, -0.15) is 0 Å². The Balaban J connectivity index is 2.43. The van der Waals surface area contributed by atoms with Crippen LogP contribution in [-0.2, 0) is 9.53 Å². The fourth-order valence-corrected chi connectivity index (χ4v) is 1.43. The highest BCUT2D eigenvalue weighted by molar-refractivity contribution is 5.82. The molecule has 0 aliphatic carbocycles. The topological polar surface area (TPSA) is 64.3 Å². The molecule has 0 spiro atoms. The summed E-state index contributed by atoms with van der Waals surface area (Å²) in [5, 5.41) is 2.74. The molecule has 0 bridgehead atoms. The predicted octanol–water partition coefficient (Wildman–Crippen LogP) is 1.15. The quantitative estimate of drug-likeness (QED) is 0.728. The van der Waals surface area contributed by atoms with Crippen molar-refractivity contribution in [2.75, 3.05) is 19.8 Å². The number of carbonyl (C=O) groups excluding carboxylic acids is 1. The lowest BCUT2D eigenvalue weighted by Crippen LogP contribution is -2.36. The van der Waals surface area contributed by atoms with Gasteiger partial charge < -0.3 is 15.8 Å². The van der Waals surface area contributed by atoms with Crippen LogP contribution < -0.4 is 11.1 Å². The molecule has 0 radical (unpaired) electrons. The van der Waals surface area contributed by atoms with Crippen LogP contribution in [0.25, 0.3) is 0 Å². The van der Waals surface area contributed by atoms with Crippen LogP contribution in [0.15, 0.2) is 24.3 Å². The van der Waals surface area contributed by atoms with Crippen LogP contribution in [0.5, 0.6) is 0 Å². The zero-order valence-electron chi connectivity index (χ0n) is 10.4. The van der Waals surface area contributed by atoms with E-state index >= 15 is 0 Å². The second-order valence-electron chi connectivity index (χ2n) is 3.88. The molecule has 17 heavy (non-hydrogen) atoms. The summed E-state index contributed by atoms with van der Waals surface area (Å²) in [6, 6.07) is 7.03. The number of aryl methyl sites for hydroxylation is 1. The van der Waals surface area contributed by atoms with Crippen LogP contribution in [0.1, 0.15) is 24.1 Å². The van der Waals surface area contributed by atoms with Crippen molar-refractivity contribution in [3.8, 4) is 0 Å². The van der Waals surface area contributed by atoms with Crippen LogP contribution in [-0.4, -0.2) is 25.7 Å². The standard InChI is InChI=1S/C13H20N2O2/c1-3-17-9-8-15-13(16)12(14)11-6-4-10(2)5-7-11/h4-7,12H,3,8-9,14H2,1-2H3,(H,15,16). The van der Waals surface area contributed by atoms with E-state index in [1.54, 1.807) is 0 Å². The molecule has 4 nitrogen and oxygen atoms in total. The maximum absolute atomic E-state index is 11.7. The van der Waals surface area contributed by atoms with Gasteiger partial charge in [0.2, 0.25) is 5.91 Å². The molecular formula is C13H20N2O2. The lowest BCUT2D eigenvalue weighted by atomic mass is 10.1. The van der Waals surface area contributed by atoms with Crippen molar-refractivity contribution in [2.24, 2.45) is 5.73 Å². The van der Waals surface area contributed by atoms with Gasteiger partial charge in [-0.1, -0.05) is 29.8 Å². The van der Waals surface area contributed by atoms with Crippen molar-refractivity contribution in [3.63, 3.8) is 0 Å². The molecule has 1 amide bonds. The van der Waals surface area contributed by atoms with E-state index < -0.39 is 6.04 Å². The normalized spacial score (nSPS) is 12.2. The van der Waals surface area contributed by atoms with Gasteiger partial charge in [0.25, 0.3) is 0 Å². The zero-order valence-corrected chi connectivity index (χ0v) is 10.4. The number of nitrogens with one attached hydrogen (secondary N) is 1. The summed E-state index contributed by atoms with van der Waals surface area (Å²) in [6.45, 7) is 5.58. The monoisotopic (exact) mass is 236 g/mol. The van der Waals surface area contributed by atoms with Gasteiger partial charge >= 0.3 is 0 Å². The molecule has 1 unspecified atom stereocenters. The van der Waals surface area contributed by atoms with Crippen molar-refractivity contribution in [1.29, 1.82) is 0 Å².